The standard InChI is InChI=1S/C15H22N4O2S/c1-2-12-8-17-13(22-12)5-6-16-15(21)18-10-7-14(20)19(9-10)11-3-4-11/h8,10-11H,2-7,9H2,1H3,(H2,16,18,21). The van der Waals surface area contributed by atoms with Crippen molar-refractivity contribution in [2.75, 3.05) is 13.1 Å². The van der Waals surface area contributed by atoms with Crippen molar-refractivity contribution in [3.8, 4) is 0 Å². The number of urea groups is 1. The summed E-state index contributed by atoms with van der Waals surface area (Å²) in [5.74, 6) is 0.169. The van der Waals surface area contributed by atoms with Gasteiger partial charge in [-0.15, -0.1) is 11.3 Å². The average Bonchev–Trinajstić information content (AvgIpc) is 3.12. The average molecular weight is 322 g/mol. The van der Waals surface area contributed by atoms with Crippen LogP contribution in [0.1, 0.15) is 36.1 Å². The van der Waals surface area contributed by atoms with Gasteiger partial charge in [0.05, 0.1) is 11.0 Å². The Morgan fingerprint density at radius 3 is 3.00 bits per heavy atom. The maximum atomic E-state index is 11.9. The molecule has 7 heteroatoms. The van der Waals surface area contributed by atoms with Crippen LogP contribution in [0.4, 0.5) is 4.79 Å². The molecule has 120 valence electrons. The summed E-state index contributed by atoms with van der Waals surface area (Å²) in [5, 5.41) is 6.79. The molecule has 2 heterocycles. The van der Waals surface area contributed by atoms with Crippen molar-refractivity contribution in [3.63, 3.8) is 0 Å². The van der Waals surface area contributed by atoms with Crippen LogP contribution in [0.25, 0.3) is 0 Å². The van der Waals surface area contributed by atoms with Gasteiger partial charge in [-0.1, -0.05) is 6.92 Å². The summed E-state index contributed by atoms with van der Waals surface area (Å²) < 4.78 is 0. The molecule has 2 fully saturated rings. The van der Waals surface area contributed by atoms with Crippen LogP contribution < -0.4 is 10.6 Å². The van der Waals surface area contributed by atoms with Crippen molar-refractivity contribution < 1.29 is 9.59 Å². The van der Waals surface area contributed by atoms with Crippen LogP contribution in [-0.2, 0) is 17.6 Å². The summed E-state index contributed by atoms with van der Waals surface area (Å²) >= 11 is 1.69. The van der Waals surface area contributed by atoms with Crippen molar-refractivity contribution in [3.05, 3.63) is 16.1 Å². The summed E-state index contributed by atoms with van der Waals surface area (Å²) in [4.78, 5) is 31.2. The van der Waals surface area contributed by atoms with Crippen molar-refractivity contribution in [2.45, 2.75) is 51.1 Å². The molecule has 2 aliphatic rings. The van der Waals surface area contributed by atoms with Crippen LogP contribution in [0, 0.1) is 0 Å². The van der Waals surface area contributed by atoms with Gasteiger partial charge in [0, 0.05) is 43.0 Å². The fraction of sp³-hybridized carbons (Fsp3) is 0.667. The lowest BCUT2D eigenvalue weighted by atomic mass is 10.2. The topological polar surface area (TPSA) is 74.3 Å². The van der Waals surface area contributed by atoms with Crippen LogP contribution in [0.15, 0.2) is 6.20 Å². The molecule has 3 amide bonds. The highest BCUT2D eigenvalue weighted by Gasteiger charge is 2.39. The molecule has 1 aromatic rings. The quantitative estimate of drug-likeness (QED) is 0.829. The number of likely N-dealkylation sites (tertiary alicyclic amines) is 1. The molecule has 1 saturated carbocycles. The molecule has 0 spiro atoms. The number of carbonyl (C=O) groups excluding carboxylic acids is 2. The third-order valence-corrected chi connectivity index (χ3v) is 5.26. The van der Waals surface area contributed by atoms with Gasteiger partial charge in [0.1, 0.15) is 0 Å². The highest BCUT2D eigenvalue weighted by molar-refractivity contribution is 7.11. The highest BCUT2D eigenvalue weighted by Crippen LogP contribution is 2.30. The van der Waals surface area contributed by atoms with Gasteiger partial charge in [-0.2, -0.15) is 0 Å². The second kappa shape index (κ2) is 6.64. The van der Waals surface area contributed by atoms with E-state index in [2.05, 4.69) is 22.5 Å². The lowest BCUT2D eigenvalue weighted by Crippen LogP contribution is -2.44. The summed E-state index contributed by atoms with van der Waals surface area (Å²) in [6.45, 7) is 3.33. The molecule has 1 unspecified atom stereocenters. The monoisotopic (exact) mass is 322 g/mol. The lowest BCUT2D eigenvalue weighted by Gasteiger charge is -2.16. The maximum absolute atomic E-state index is 11.9. The van der Waals surface area contributed by atoms with E-state index in [1.807, 2.05) is 11.1 Å². The maximum Gasteiger partial charge on any atom is 0.315 e. The minimum absolute atomic E-state index is 0.0559. The second-order valence-electron chi connectivity index (χ2n) is 5.90. The fourth-order valence-electron chi connectivity index (χ4n) is 2.71. The van der Waals surface area contributed by atoms with Crippen molar-refractivity contribution in [2.24, 2.45) is 0 Å². The summed E-state index contributed by atoms with van der Waals surface area (Å²) in [5.41, 5.74) is 0. The molecular formula is C15H22N4O2S. The number of nitrogens with one attached hydrogen (secondary N) is 2. The predicted octanol–water partition coefficient (Wildman–Crippen LogP) is 1.31. The molecular weight excluding hydrogens is 300 g/mol. The summed E-state index contributed by atoms with van der Waals surface area (Å²) in [7, 11) is 0. The van der Waals surface area contributed by atoms with Crippen LogP contribution in [-0.4, -0.2) is 47.0 Å². The zero-order valence-electron chi connectivity index (χ0n) is 12.8. The molecule has 1 aromatic heterocycles. The number of thiazole rings is 1. The predicted molar refractivity (Wildman–Crippen MR) is 84.9 cm³/mol. The van der Waals surface area contributed by atoms with Gasteiger partial charge in [0.15, 0.2) is 0 Å². The van der Waals surface area contributed by atoms with E-state index in [1.165, 1.54) is 4.88 Å². The van der Waals surface area contributed by atoms with Crippen LogP contribution in [0.2, 0.25) is 0 Å². The van der Waals surface area contributed by atoms with E-state index >= 15 is 0 Å². The Morgan fingerprint density at radius 1 is 1.50 bits per heavy atom. The Kier molecular flexibility index (Phi) is 4.61. The van der Waals surface area contributed by atoms with Crippen molar-refractivity contribution >= 4 is 23.3 Å². The summed E-state index contributed by atoms with van der Waals surface area (Å²) in [6, 6.07) is 0.183. The van der Waals surface area contributed by atoms with Gasteiger partial charge in [-0.3, -0.25) is 4.79 Å². The number of hydrogen-bond donors (Lipinski definition) is 2. The molecule has 1 saturated heterocycles. The lowest BCUT2D eigenvalue weighted by molar-refractivity contribution is -0.128. The zero-order valence-corrected chi connectivity index (χ0v) is 13.6. The number of rotatable bonds is 6. The number of aromatic nitrogens is 1. The number of aryl methyl sites for hydroxylation is 1. The Balaban J connectivity index is 1.36. The molecule has 0 radical (unpaired) electrons. The van der Waals surface area contributed by atoms with Gasteiger partial charge in [-0.05, 0) is 19.3 Å². The first-order valence-electron chi connectivity index (χ1n) is 7.93. The number of hydrogen-bond acceptors (Lipinski definition) is 4. The van der Waals surface area contributed by atoms with Gasteiger partial charge in [-0.25, -0.2) is 9.78 Å². The molecule has 0 bridgehead atoms. The zero-order chi connectivity index (χ0) is 15.5. The SMILES string of the molecule is CCc1cnc(CCNC(=O)NC2CC(=O)N(C3CC3)C2)s1. The molecule has 3 rings (SSSR count). The van der Waals surface area contributed by atoms with Gasteiger partial charge >= 0.3 is 6.03 Å². The minimum Gasteiger partial charge on any atom is -0.338 e. The van der Waals surface area contributed by atoms with E-state index in [9.17, 15) is 9.59 Å². The molecule has 6 nitrogen and oxygen atoms in total. The number of nitrogens with zero attached hydrogens (tertiary/aromatic N) is 2. The first-order chi connectivity index (χ1) is 10.7. The van der Waals surface area contributed by atoms with E-state index in [0.29, 0.717) is 25.6 Å². The minimum atomic E-state index is -0.192. The largest absolute Gasteiger partial charge is 0.338 e. The smallest absolute Gasteiger partial charge is 0.315 e. The van der Waals surface area contributed by atoms with Gasteiger partial charge < -0.3 is 15.5 Å². The first kappa shape index (κ1) is 15.3. The fourth-order valence-corrected chi connectivity index (χ4v) is 3.58. The molecule has 22 heavy (non-hydrogen) atoms. The molecule has 2 N–H and O–H groups in total. The van der Waals surface area contributed by atoms with E-state index in [1.54, 1.807) is 11.3 Å². The Morgan fingerprint density at radius 2 is 2.32 bits per heavy atom. The van der Waals surface area contributed by atoms with E-state index in [4.69, 9.17) is 0 Å². The Labute approximate surface area is 134 Å². The molecule has 1 aliphatic carbocycles. The molecule has 0 aromatic carbocycles. The van der Waals surface area contributed by atoms with Crippen molar-refractivity contribution in [1.29, 1.82) is 0 Å². The summed E-state index contributed by atoms with van der Waals surface area (Å²) in [6.07, 6.45) is 6.29. The van der Waals surface area contributed by atoms with Gasteiger partial charge in [0.25, 0.3) is 0 Å². The Bertz CT molecular complexity index is 555. The van der Waals surface area contributed by atoms with E-state index in [-0.39, 0.29) is 18.0 Å². The third kappa shape index (κ3) is 3.76. The van der Waals surface area contributed by atoms with E-state index < -0.39 is 0 Å². The molecule has 1 aliphatic heterocycles. The highest BCUT2D eigenvalue weighted by atomic mass is 32.1. The van der Waals surface area contributed by atoms with Gasteiger partial charge in [0.2, 0.25) is 5.91 Å². The Hall–Kier alpha value is -1.63. The number of amides is 3. The van der Waals surface area contributed by atoms with Crippen molar-refractivity contribution in [1.82, 2.24) is 20.5 Å². The normalized spacial score (nSPS) is 21.2. The molecule has 1 atom stereocenters. The van der Waals surface area contributed by atoms with Crippen LogP contribution in [0.3, 0.4) is 0 Å². The number of carbonyl (C=O) groups is 2. The van der Waals surface area contributed by atoms with E-state index in [0.717, 1.165) is 30.7 Å². The third-order valence-electron chi connectivity index (χ3n) is 4.06. The van der Waals surface area contributed by atoms with Crippen LogP contribution in [0.5, 0.6) is 0 Å². The first-order valence-corrected chi connectivity index (χ1v) is 8.74. The van der Waals surface area contributed by atoms with Crippen LogP contribution >= 0.6 is 11.3 Å². The second-order valence-corrected chi connectivity index (χ2v) is 7.10.